The van der Waals surface area contributed by atoms with Crippen molar-refractivity contribution in [1.29, 1.82) is 0 Å². The molecular formula is C16H24N4O. The molecule has 0 saturated heterocycles. The minimum atomic E-state index is 0.0285. The van der Waals surface area contributed by atoms with E-state index in [4.69, 9.17) is 0 Å². The van der Waals surface area contributed by atoms with Gasteiger partial charge in [0.2, 0.25) is 0 Å². The standard InChI is InChI=1S/C16H24N4O/c1-12(2)17-11-15-13(3)18-20(14(15)4)10-9-19-8-6-5-7-16(19)21/h5-8,12,17H,9-11H2,1-4H3. The highest BCUT2D eigenvalue weighted by molar-refractivity contribution is 5.24. The van der Waals surface area contributed by atoms with Gasteiger partial charge in [-0.3, -0.25) is 9.48 Å². The molecule has 2 rings (SSSR count). The molecule has 0 unspecified atom stereocenters. The molecule has 0 radical (unpaired) electrons. The first kappa shape index (κ1) is 15.5. The minimum absolute atomic E-state index is 0.0285. The van der Waals surface area contributed by atoms with Crippen LogP contribution in [0.25, 0.3) is 0 Å². The van der Waals surface area contributed by atoms with Gasteiger partial charge < -0.3 is 9.88 Å². The Labute approximate surface area is 125 Å². The van der Waals surface area contributed by atoms with Crippen LogP contribution in [0.15, 0.2) is 29.2 Å². The molecule has 5 nitrogen and oxygen atoms in total. The SMILES string of the molecule is Cc1nn(CCn2ccccc2=O)c(C)c1CNC(C)C. The van der Waals surface area contributed by atoms with Crippen molar-refractivity contribution >= 4 is 0 Å². The molecule has 114 valence electrons. The highest BCUT2D eigenvalue weighted by atomic mass is 16.1. The molecule has 21 heavy (non-hydrogen) atoms. The van der Waals surface area contributed by atoms with Gasteiger partial charge in [0.1, 0.15) is 0 Å². The number of aryl methyl sites for hydroxylation is 3. The van der Waals surface area contributed by atoms with Gasteiger partial charge in [-0.05, 0) is 19.9 Å². The van der Waals surface area contributed by atoms with Gasteiger partial charge in [0.15, 0.2) is 0 Å². The zero-order chi connectivity index (χ0) is 15.4. The Morgan fingerprint density at radius 1 is 1.24 bits per heavy atom. The van der Waals surface area contributed by atoms with Crippen LogP contribution in [0.2, 0.25) is 0 Å². The Kier molecular flexibility index (Phi) is 4.96. The van der Waals surface area contributed by atoms with Gasteiger partial charge in [-0.2, -0.15) is 5.10 Å². The summed E-state index contributed by atoms with van der Waals surface area (Å²) >= 11 is 0. The third-order valence-corrected chi connectivity index (χ3v) is 3.67. The van der Waals surface area contributed by atoms with Crippen LogP contribution in [0.3, 0.4) is 0 Å². The van der Waals surface area contributed by atoms with E-state index in [1.165, 1.54) is 11.3 Å². The van der Waals surface area contributed by atoms with E-state index < -0.39 is 0 Å². The Morgan fingerprint density at radius 3 is 2.67 bits per heavy atom. The third kappa shape index (κ3) is 3.82. The maximum atomic E-state index is 11.7. The molecule has 0 fully saturated rings. The highest BCUT2D eigenvalue weighted by Crippen LogP contribution is 2.13. The first-order valence-corrected chi connectivity index (χ1v) is 7.40. The monoisotopic (exact) mass is 288 g/mol. The van der Waals surface area contributed by atoms with E-state index in [1.54, 1.807) is 16.7 Å². The average Bonchev–Trinajstić information content (AvgIpc) is 2.70. The summed E-state index contributed by atoms with van der Waals surface area (Å²) < 4.78 is 3.70. The van der Waals surface area contributed by atoms with Gasteiger partial charge in [0, 0.05) is 42.7 Å². The Hall–Kier alpha value is -1.88. The topological polar surface area (TPSA) is 51.9 Å². The van der Waals surface area contributed by atoms with Crippen LogP contribution in [0.1, 0.15) is 30.8 Å². The Morgan fingerprint density at radius 2 is 2.00 bits per heavy atom. The molecule has 0 amide bonds. The summed E-state index contributed by atoms with van der Waals surface area (Å²) in [6, 6.07) is 5.67. The fourth-order valence-corrected chi connectivity index (χ4v) is 2.36. The second kappa shape index (κ2) is 6.72. The second-order valence-corrected chi connectivity index (χ2v) is 5.64. The van der Waals surface area contributed by atoms with E-state index in [0.29, 0.717) is 19.1 Å². The first-order valence-electron chi connectivity index (χ1n) is 7.40. The van der Waals surface area contributed by atoms with E-state index in [-0.39, 0.29) is 5.56 Å². The fraction of sp³-hybridized carbons (Fsp3) is 0.500. The van der Waals surface area contributed by atoms with Crippen LogP contribution in [-0.4, -0.2) is 20.4 Å². The fourth-order valence-electron chi connectivity index (χ4n) is 2.36. The second-order valence-electron chi connectivity index (χ2n) is 5.64. The molecule has 0 atom stereocenters. The average molecular weight is 288 g/mol. The lowest BCUT2D eigenvalue weighted by Gasteiger charge is -2.09. The molecule has 0 spiro atoms. The van der Waals surface area contributed by atoms with Crippen molar-refractivity contribution in [3.8, 4) is 0 Å². The van der Waals surface area contributed by atoms with Crippen LogP contribution < -0.4 is 10.9 Å². The van der Waals surface area contributed by atoms with Crippen LogP contribution in [0.5, 0.6) is 0 Å². The van der Waals surface area contributed by atoms with Gasteiger partial charge >= 0.3 is 0 Å². The smallest absolute Gasteiger partial charge is 0.250 e. The van der Waals surface area contributed by atoms with Crippen molar-refractivity contribution in [2.75, 3.05) is 0 Å². The van der Waals surface area contributed by atoms with Crippen LogP contribution in [-0.2, 0) is 19.6 Å². The maximum Gasteiger partial charge on any atom is 0.250 e. The maximum absolute atomic E-state index is 11.7. The van der Waals surface area contributed by atoms with Crippen LogP contribution in [0.4, 0.5) is 0 Å². The molecule has 2 aromatic heterocycles. The molecule has 1 N–H and O–H groups in total. The van der Waals surface area contributed by atoms with Crippen LogP contribution in [0, 0.1) is 13.8 Å². The minimum Gasteiger partial charge on any atom is -0.314 e. The molecular weight excluding hydrogens is 264 g/mol. The molecule has 0 bridgehead atoms. The summed E-state index contributed by atoms with van der Waals surface area (Å²) in [5, 5.41) is 8.03. The molecule has 0 aromatic carbocycles. The molecule has 5 heteroatoms. The van der Waals surface area contributed by atoms with Gasteiger partial charge in [0.25, 0.3) is 5.56 Å². The summed E-state index contributed by atoms with van der Waals surface area (Å²) in [6.07, 6.45) is 1.81. The van der Waals surface area contributed by atoms with Crippen molar-refractivity contribution in [1.82, 2.24) is 19.7 Å². The number of nitrogens with one attached hydrogen (secondary N) is 1. The van der Waals surface area contributed by atoms with Crippen LogP contribution >= 0.6 is 0 Å². The number of nitrogens with zero attached hydrogens (tertiary/aromatic N) is 3. The van der Waals surface area contributed by atoms with E-state index in [9.17, 15) is 4.79 Å². The van der Waals surface area contributed by atoms with Crippen molar-refractivity contribution < 1.29 is 0 Å². The number of aromatic nitrogens is 3. The lowest BCUT2D eigenvalue weighted by atomic mass is 10.2. The Bertz CT molecular complexity index is 655. The zero-order valence-corrected chi connectivity index (χ0v) is 13.3. The molecule has 2 heterocycles. The van der Waals surface area contributed by atoms with Crippen molar-refractivity contribution in [2.45, 2.75) is 53.4 Å². The number of pyridine rings is 1. The van der Waals surface area contributed by atoms with Gasteiger partial charge in [-0.1, -0.05) is 19.9 Å². The zero-order valence-electron chi connectivity index (χ0n) is 13.3. The summed E-state index contributed by atoms with van der Waals surface area (Å²) in [5.41, 5.74) is 3.51. The Balaban J connectivity index is 2.09. The van der Waals surface area contributed by atoms with Gasteiger partial charge in [-0.25, -0.2) is 0 Å². The predicted molar refractivity (Wildman–Crippen MR) is 84.4 cm³/mol. The van der Waals surface area contributed by atoms with Crippen molar-refractivity contribution in [3.63, 3.8) is 0 Å². The summed E-state index contributed by atoms with van der Waals surface area (Å²) in [5.74, 6) is 0. The van der Waals surface area contributed by atoms with E-state index in [2.05, 4.69) is 31.2 Å². The summed E-state index contributed by atoms with van der Waals surface area (Å²) in [4.78, 5) is 11.7. The molecule has 0 aliphatic rings. The molecule has 0 saturated carbocycles. The van der Waals surface area contributed by atoms with Gasteiger partial charge in [0.05, 0.1) is 12.2 Å². The third-order valence-electron chi connectivity index (χ3n) is 3.67. The largest absolute Gasteiger partial charge is 0.314 e. The lowest BCUT2D eigenvalue weighted by Crippen LogP contribution is -2.23. The summed E-state index contributed by atoms with van der Waals surface area (Å²) in [6.45, 7) is 10.6. The van der Waals surface area contributed by atoms with E-state index in [0.717, 1.165) is 12.2 Å². The van der Waals surface area contributed by atoms with E-state index in [1.807, 2.05) is 23.9 Å². The predicted octanol–water partition coefficient (Wildman–Crippen LogP) is 1.86. The molecule has 2 aromatic rings. The molecule has 0 aliphatic heterocycles. The summed E-state index contributed by atoms with van der Waals surface area (Å²) in [7, 11) is 0. The molecule has 0 aliphatic carbocycles. The van der Waals surface area contributed by atoms with Crippen molar-refractivity contribution in [3.05, 3.63) is 51.7 Å². The van der Waals surface area contributed by atoms with E-state index >= 15 is 0 Å². The van der Waals surface area contributed by atoms with Crippen molar-refractivity contribution in [2.24, 2.45) is 0 Å². The number of rotatable bonds is 6. The number of hydrogen-bond acceptors (Lipinski definition) is 3. The normalized spacial score (nSPS) is 11.3. The van der Waals surface area contributed by atoms with Gasteiger partial charge in [-0.15, -0.1) is 0 Å². The quantitative estimate of drug-likeness (QED) is 0.882. The first-order chi connectivity index (χ1) is 9.99. The lowest BCUT2D eigenvalue weighted by molar-refractivity contribution is 0.511. The number of hydrogen-bond donors (Lipinski definition) is 1. The highest BCUT2D eigenvalue weighted by Gasteiger charge is 2.11.